The van der Waals surface area contributed by atoms with Crippen LogP contribution in [0.2, 0.25) is 0 Å². The lowest BCUT2D eigenvalue weighted by Crippen LogP contribution is -2.62. The number of rotatable bonds is 4. The molecule has 0 amide bonds. The van der Waals surface area contributed by atoms with Crippen molar-refractivity contribution in [2.24, 2.45) is 0 Å². The molecule has 0 saturated carbocycles. The molecule has 0 fully saturated rings. The molecule has 0 radical (unpaired) electrons. The Balaban J connectivity index is 1.99. The van der Waals surface area contributed by atoms with Crippen LogP contribution in [0.5, 0.6) is 11.5 Å². The number of methoxy groups -OCH3 is 4. The molecule has 6 nitrogen and oxygen atoms in total. The second-order valence-electron chi connectivity index (χ2n) is 7.13. The minimum absolute atomic E-state index is 0.100. The first-order valence-corrected chi connectivity index (χ1v) is 8.82. The Kier molecular flexibility index (Phi) is 4.11. The fourth-order valence-corrected chi connectivity index (χ4v) is 4.83. The van der Waals surface area contributed by atoms with Gasteiger partial charge in [0.2, 0.25) is 0 Å². The molecule has 140 valence electrons. The van der Waals surface area contributed by atoms with Gasteiger partial charge < -0.3 is 28.8 Å². The van der Waals surface area contributed by atoms with E-state index in [9.17, 15) is 5.21 Å². The number of benzene rings is 1. The molecule has 2 aliphatic heterocycles. The van der Waals surface area contributed by atoms with E-state index in [1.807, 2.05) is 24.3 Å². The first-order chi connectivity index (χ1) is 12.5. The van der Waals surface area contributed by atoms with Gasteiger partial charge in [-0.3, -0.25) is 0 Å². The molecule has 6 heteroatoms. The highest BCUT2D eigenvalue weighted by molar-refractivity contribution is 5.56. The van der Waals surface area contributed by atoms with Crippen LogP contribution in [0.3, 0.4) is 0 Å². The SMILES string of the molecule is COc1cc2c(cc1OC)[C@]13C[C@@H](OC)C=CC1=CC[N@+]3([O-])C[C@@H]2OC. The molecule has 1 aliphatic carbocycles. The summed E-state index contributed by atoms with van der Waals surface area (Å²) in [5.41, 5.74) is 2.31. The van der Waals surface area contributed by atoms with Crippen LogP contribution in [0.25, 0.3) is 0 Å². The lowest BCUT2D eigenvalue weighted by atomic mass is 9.70. The van der Waals surface area contributed by atoms with E-state index >= 15 is 0 Å². The lowest BCUT2D eigenvalue weighted by molar-refractivity contribution is -0.930. The fraction of sp³-hybridized carbons (Fsp3) is 0.500. The zero-order valence-electron chi connectivity index (χ0n) is 15.7. The summed E-state index contributed by atoms with van der Waals surface area (Å²) in [6, 6.07) is 3.91. The Morgan fingerprint density at radius 3 is 2.46 bits per heavy atom. The Bertz CT molecular complexity index is 789. The summed E-state index contributed by atoms with van der Waals surface area (Å²) in [5, 5.41) is 14.0. The van der Waals surface area contributed by atoms with E-state index in [-0.39, 0.29) is 16.9 Å². The molecule has 0 bridgehead atoms. The number of ether oxygens (including phenoxy) is 4. The smallest absolute Gasteiger partial charge is 0.161 e. The van der Waals surface area contributed by atoms with Crippen molar-refractivity contribution in [2.45, 2.75) is 24.2 Å². The van der Waals surface area contributed by atoms with E-state index in [2.05, 4.69) is 6.08 Å². The van der Waals surface area contributed by atoms with Crippen LogP contribution in [0.1, 0.15) is 23.7 Å². The van der Waals surface area contributed by atoms with Crippen LogP contribution in [0.4, 0.5) is 0 Å². The highest BCUT2D eigenvalue weighted by Crippen LogP contribution is 2.58. The summed E-state index contributed by atoms with van der Waals surface area (Å²) in [6.07, 6.45) is 6.37. The number of fused-ring (bicyclic) bond motifs is 1. The first-order valence-electron chi connectivity index (χ1n) is 8.82. The van der Waals surface area contributed by atoms with Gasteiger partial charge in [0.25, 0.3) is 0 Å². The molecule has 1 aromatic carbocycles. The molecule has 2 heterocycles. The normalized spacial score (nSPS) is 34.6. The third kappa shape index (κ3) is 2.13. The molecule has 1 spiro atoms. The zero-order valence-corrected chi connectivity index (χ0v) is 15.7. The van der Waals surface area contributed by atoms with Crippen molar-refractivity contribution in [2.75, 3.05) is 41.5 Å². The van der Waals surface area contributed by atoms with Gasteiger partial charge in [-0.1, -0.05) is 12.2 Å². The summed E-state index contributed by atoms with van der Waals surface area (Å²) in [5.74, 6) is 1.27. The maximum atomic E-state index is 14.0. The molecule has 3 aliphatic rings. The van der Waals surface area contributed by atoms with Gasteiger partial charge >= 0.3 is 0 Å². The Morgan fingerprint density at radius 2 is 1.81 bits per heavy atom. The molecule has 0 N–H and O–H groups in total. The minimum atomic E-state index is -0.695. The molecular formula is C20H25NO5. The van der Waals surface area contributed by atoms with Crippen LogP contribution in [-0.2, 0) is 15.0 Å². The van der Waals surface area contributed by atoms with Crippen LogP contribution < -0.4 is 9.47 Å². The summed E-state index contributed by atoms with van der Waals surface area (Å²) in [6.45, 7) is 0.799. The quantitative estimate of drug-likeness (QED) is 0.611. The van der Waals surface area contributed by atoms with Crippen molar-refractivity contribution in [1.29, 1.82) is 0 Å². The molecule has 0 unspecified atom stereocenters. The minimum Gasteiger partial charge on any atom is -0.632 e. The largest absolute Gasteiger partial charge is 0.632 e. The van der Waals surface area contributed by atoms with Crippen LogP contribution in [0.15, 0.2) is 35.9 Å². The summed E-state index contributed by atoms with van der Waals surface area (Å²) >= 11 is 0. The van der Waals surface area contributed by atoms with E-state index in [4.69, 9.17) is 18.9 Å². The third-order valence-corrected chi connectivity index (χ3v) is 6.16. The predicted octanol–water partition coefficient (Wildman–Crippen LogP) is 2.83. The molecule has 26 heavy (non-hydrogen) atoms. The molecule has 4 atom stereocenters. The van der Waals surface area contributed by atoms with Gasteiger partial charge in [0, 0.05) is 37.3 Å². The Morgan fingerprint density at radius 1 is 1.08 bits per heavy atom. The lowest BCUT2D eigenvalue weighted by Gasteiger charge is -2.59. The van der Waals surface area contributed by atoms with Gasteiger partial charge in [0.05, 0.1) is 26.9 Å². The van der Waals surface area contributed by atoms with Crippen molar-refractivity contribution in [3.8, 4) is 11.5 Å². The van der Waals surface area contributed by atoms with Gasteiger partial charge in [-0.05, 0) is 18.2 Å². The molecule has 1 aromatic rings. The van der Waals surface area contributed by atoms with Crippen molar-refractivity contribution >= 4 is 0 Å². The summed E-state index contributed by atoms with van der Waals surface area (Å²) < 4.78 is 22.0. The topological polar surface area (TPSA) is 60.0 Å². The standard InChI is InChI=1S/C20H25NO5/c1-23-14-6-5-13-7-8-21(22)12-19(26-4)15-9-17(24-2)18(25-3)10-16(15)20(13,21)11-14/h5-7,9-10,14,19H,8,11-12H2,1-4H3/t14-,19-,20-,21-/m0/s1. The van der Waals surface area contributed by atoms with Gasteiger partial charge in [-0.2, -0.15) is 0 Å². The summed E-state index contributed by atoms with van der Waals surface area (Å²) in [4.78, 5) is 0. The predicted molar refractivity (Wildman–Crippen MR) is 97.0 cm³/mol. The highest BCUT2D eigenvalue weighted by Gasteiger charge is 2.60. The van der Waals surface area contributed by atoms with E-state index < -0.39 is 5.54 Å². The van der Waals surface area contributed by atoms with Crippen molar-refractivity contribution < 1.29 is 23.6 Å². The van der Waals surface area contributed by atoms with Gasteiger partial charge in [-0.25, -0.2) is 0 Å². The zero-order chi connectivity index (χ0) is 18.5. The number of hydrogen-bond donors (Lipinski definition) is 0. The fourth-order valence-electron chi connectivity index (χ4n) is 4.83. The first kappa shape index (κ1) is 17.5. The van der Waals surface area contributed by atoms with Gasteiger partial charge in [-0.15, -0.1) is 0 Å². The Hall–Kier alpha value is -1.86. The highest BCUT2D eigenvalue weighted by atomic mass is 16.6. The summed E-state index contributed by atoms with van der Waals surface area (Å²) in [7, 11) is 6.57. The van der Waals surface area contributed by atoms with Gasteiger partial charge in [0.1, 0.15) is 12.6 Å². The number of quaternary nitrogens is 1. The second kappa shape index (κ2) is 6.09. The maximum absolute atomic E-state index is 14.0. The van der Waals surface area contributed by atoms with E-state index in [0.29, 0.717) is 31.0 Å². The van der Waals surface area contributed by atoms with Gasteiger partial charge in [0.15, 0.2) is 17.0 Å². The van der Waals surface area contributed by atoms with E-state index in [1.54, 1.807) is 28.4 Å². The monoisotopic (exact) mass is 359 g/mol. The number of hydrogen-bond acceptors (Lipinski definition) is 5. The van der Waals surface area contributed by atoms with Crippen LogP contribution in [-0.4, -0.2) is 52.3 Å². The van der Waals surface area contributed by atoms with Crippen molar-refractivity contribution in [3.05, 3.63) is 52.3 Å². The number of hydroxylamine groups is 3. The van der Waals surface area contributed by atoms with Crippen molar-refractivity contribution in [1.82, 2.24) is 0 Å². The number of nitrogens with zero attached hydrogens (tertiary/aromatic N) is 1. The van der Waals surface area contributed by atoms with E-state index in [0.717, 1.165) is 16.7 Å². The van der Waals surface area contributed by atoms with Crippen molar-refractivity contribution in [3.63, 3.8) is 0 Å². The molecule has 0 aromatic heterocycles. The van der Waals surface area contributed by atoms with Crippen LogP contribution in [0, 0.1) is 5.21 Å². The average molecular weight is 359 g/mol. The van der Waals surface area contributed by atoms with E-state index in [1.165, 1.54) is 0 Å². The average Bonchev–Trinajstić information content (AvgIpc) is 2.98. The second-order valence-corrected chi connectivity index (χ2v) is 7.13. The molecule has 4 rings (SSSR count). The Labute approximate surface area is 153 Å². The third-order valence-electron chi connectivity index (χ3n) is 6.16. The maximum Gasteiger partial charge on any atom is 0.161 e. The molecular weight excluding hydrogens is 334 g/mol. The molecule has 0 saturated heterocycles. The van der Waals surface area contributed by atoms with Crippen LogP contribution >= 0.6 is 0 Å².